The molecule has 0 bridgehead atoms. The molecule has 3 rings (SSSR count). The van der Waals surface area contributed by atoms with Crippen molar-refractivity contribution in [2.45, 2.75) is 26.3 Å². The minimum Gasteiger partial charge on any atom is -0.324 e. The molecule has 2 aromatic carbocycles. The molecular formula is C18H15F2N3. The predicted molar refractivity (Wildman–Crippen MR) is 84.7 cm³/mol. The Kier molecular flexibility index (Phi) is 4.07. The third kappa shape index (κ3) is 2.93. The van der Waals surface area contributed by atoms with Crippen molar-refractivity contribution in [1.29, 1.82) is 5.26 Å². The van der Waals surface area contributed by atoms with E-state index in [1.807, 2.05) is 35.8 Å². The van der Waals surface area contributed by atoms with Crippen LogP contribution in [0.1, 0.15) is 18.4 Å². The maximum Gasteiger partial charge on any atom is 0.161 e. The number of nitriles is 1. The van der Waals surface area contributed by atoms with Gasteiger partial charge in [-0.05, 0) is 13.3 Å². The highest BCUT2D eigenvalue weighted by molar-refractivity contribution is 5.81. The molecule has 1 heterocycles. The Morgan fingerprint density at radius 2 is 1.83 bits per heavy atom. The van der Waals surface area contributed by atoms with E-state index in [0.717, 1.165) is 17.2 Å². The lowest BCUT2D eigenvalue weighted by atomic mass is 10.1. The molecule has 0 radical (unpaired) electrons. The summed E-state index contributed by atoms with van der Waals surface area (Å²) in [5.74, 6) is -1.15. The van der Waals surface area contributed by atoms with Gasteiger partial charge in [0, 0.05) is 30.7 Å². The van der Waals surface area contributed by atoms with Crippen LogP contribution in [0.2, 0.25) is 0 Å². The molecule has 0 fully saturated rings. The molecule has 0 N–H and O–H groups in total. The first-order chi connectivity index (χ1) is 11.1. The Morgan fingerprint density at radius 1 is 1.13 bits per heavy atom. The summed E-state index contributed by atoms with van der Waals surface area (Å²) >= 11 is 0. The molecule has 0 atom stereocenters. The second-order valence-electron chi connectivity index (χ2n) is 5.47. The van der Waals surface area contributed by atoms with Gasteiger partial charge >= 0.3 is 0 Å². The first kappa shape index (κ1) is 15.2. The van der Waals surface area contributed by atoms with Crippen molar-refractivity contribution < 1.29 is 8.78 Å². The van der Waals surface area contributed by atoms with Crippen molar-refractivity contribution in [1.82, 2.24) is 9.55 Å². The molecule has 0 spiro atoms. The van der Waals surface area contributed by atoms with Gasteiger partial charge in [-0.25, -0.2) is 13.8 Å². The van der Waals surface area contributed by atoms with Gasteiger partial charge in [0.25, 0.3) is 0 Å². The number of rotatable bonds is 4. The van der Waals surface area contributed by atoms with E-state index in [1.54, 1.807) is 0 Å². The number of imidazole rings is 1. The first-order valence-electron chi connectivity index (χ1n) is 7.39. The number of aromatic nitrogens is 2. The van der Waals surface area contributed by atoms with Crippen molar-refractivity contribution in [3.05, 3.63) is 53.6 Å². The van der Waals surface area contributed by atoms with Gasteiger partial charge in [-0.2, -0.15) is 5.26 Å². The molecule has 116 valence electrons. The van der Waals surface area contributed by atoms with Crippen molar-refractivity contribution in [2.24, 2.45) is 0 Å². The van der Waals surface area contributed by atoms with Gasteiger partial charge in [0.1, 0.15) is 5.82 Å². The maximum absolute atomic E-state index is 13.6. The van der Waals surface area contributed by atoms with Crippen LogP contribution in [-0.2, 0) is 6.54 Å². The van der Waals surface area contributed by atoms with Crippen molar-refractivity contribution >= 4 is 11.0 Å². The van der Waals surface area contributed by atoms with Gasteiger partial charge in [0.2, 0.25) is 0 Å². The van der Waals surface area contributed by atoms with Gasteiger partial charge in [0.05, 0.1) is 17.1 Å². The number of hydrogen-bond acceptors (Lipinski definition) is 2. The fourth-order valence-electron chi connectivity index (χ4n) is 2.59. The van der Waals surface area contributed by atoms with Gasteiger partial charge < -0.3 is 4.57 Å². The highest BCUT2D eigenvalue weighted by atomic mass is 19.2. The molecule has 0 aliphatic heterocycles. The minimum absolute atomic E-state index is 0.399. The van der Waals surface area contributed by atoms with E-state index in [1.165, 1.54) is 6.07 Å². The fourth-order valence-corrected chi connectivity index (χ4v) is 2.59. The zero-order valence-corrected chi connectivity index (χ0v) is 12.7. The Balaban J connectivity index is 2.16. The Morgan fingerprint density at radius 3 is 2.52 bits per heavy atom. The van der Waals surface area contributed by atoms with Gasteiger partial charge in [-0.1, -0.05) is 29.8 Å². The number of fused-ring (bicyclic) bond motifs is 1. The second kappa shape index (κ2) is 6.17. The van der Waals surface area contributed by atoms with Crippen LogP contribution in [0.15, 0.2) is 36.4 Å². The summed E-state index contributed by atoms with van der Waals surface area (Å²) in [6.07, 6.45) is 1.02. The number of aryl methyl sites for hydroxylation is 2. The molecule has 0 aliphatic rings. The molecule has 0 aliphatic carbocycles. The molecule has 0 amide bonds. The van der Waals surface area contributed by atoms with Gasteiger partial charge in [-0.15, -0.1) is 0 Å². The van der Waals surface area contributed by atoms with E-state index in [0.29, 0.717) is 36.2 Å². The molecule has 0 saturated heterocycles. The number of halogens is 2. The SMILES string of the molecule is Cc1ccc(-c2nc3cc(F)c(F)cc3n2CCCC#N)cc1. The molecule has 5 heteroatoms. The van der Waals surface area contributed by atoms with Crippen LogP contribution in [0, 0.1) is 29.9 Å². The van der Waals surface area contributed by atoms with Crippen LogP contribution in [-0.4, -0.2) is 9.55 Å². The number of unbranched alkanes of at least 4 members (excludes halogenated alkanes) is 1. The maximum atomic E-state index is 13.6. The zero-order valence-electron chi connectivity index (χ0n) is 12.7. The van der Waals surface area contributed by atoms with Crippen molar-refractivity contribution in [3.63, 3.8) is 0 Å². The summed E-state index contributed by atoms with van der Waals surface area (Å²) in [4.78, 5) is 4.47. The topological polar surface area (TPSA) is 41.6 Å². The van der Waals surface area contributed by atoms with E-state index in [4.69, 9.17) is 5.26 Å². The van der Waals surface area contributed by atoms with Crippen LogP contribution in [0.25, 0.3) is 22.4 Å². The van der Waals surface area contributed by atoms with Crippen LogP contribution in [0.4, 0.5) is 8.78 Å². The largest absolute Gasteiger partial charge is 0.324 e. The van der Waals surface area contributed by atoms with E-state index in [2.05, 4.69) is 11.1 Å². The fraction of sp³-hybridized carbons (Fsp3) is 0.222. The monoisotopic (exact) mass is 311 g/mol. The van der Waals surface area contributed by atoms with Crippen LogP contribution >= 0.6 is 0 Å². The molecule has 1 aromatic heterocycles. The van der Waals surface area contributed by atoms with E-state index >= 15 is 0 Å². The van der Waals surface area contributed by atoms with Gasteiger partial charge in [-0.3, -0.25) is 0 Å². The summed E-state index contributed by atoms with van der Waals surface area (Å²) in [6.45, 7) is 2.52. The van der Waals surface area contributed by atoms with E-state index in [9.17, 15) is 8.78 Å². The molecule has 0 saturated carbocycles. The van der Waals surface area contributed by atoms with E-state index < -0.39 is 11.6 Å². The third-order valence-electron chi connectivity index (χ3n) is 3.77. The van der Waals surface area contributed by atoms with Gasteiger partial charge in [0.15, 0.2) is 11.6 Å². The average molecular weight is 311 g/mol. The van der Waals surface area contributed by atoms with Crippen LogP contribution < -0.4 is 0 Å². The molecule has 3 nitrogen and oxygen atoms in total. The molecule has 3 aromatic rings. The third-order valence-corrected chi connectivity index (χ3v) is 3.77. The Labute approximate surface area is 132 Å². The summed E-state index contributed by atoms with van der Waals surface area (Å²) < 4.78 is 28.9. The Bertz CT molecular complexity index is 889. The molecular weight excluding hydrogens is 296 g/mol. The molecule has 0 unspecified atom stereocenters. The normalized spacial score (nSPS) is 10.9. The molecule has 23 heavy (non-hydrogen) atoms. The van der Waals surface area contributed by atoms with Crippen molar-refractivity contribution in [2.75, 3.05) is 0 Å². The lowest BCUT2D eigenvalue weighted by molar-refractivity contribution is 0.510. The number of hydrogen-bond donors (Lipinski definition) is 0. The second-order valence-corrected chi connectivity index (χ2v) is 5.47. The van der Waals surface area contributed by atoms with Crippen LogP contribution in [0.3, 0.4) is 0 Å². The lowest BCUT2D eigenvalue weighted by Gasteiger charge is -2.08. The predicted octanol–water partition coefficient (Wildman–Crippen LogP) is 4.59. The zero-order chi connectivity index (χ0) is 16.4. The summed E-state index contributed by atoms with van der Waals surface area (Å²) in [5, 5.41) is 8.72. The summed E-state index contributed by atoms with van der Waals surface area (Å²) in [6, 6.07) is 12.2. The number of nitrogens with zero attached hydrogens (tertiary/aromatic N) is 3. The average Bonchev–Trinajstić information content (AvgIpc) is 2.87. The first-order valence-corrected chi connectivity index (χ1v) is 7.39. The smallest absolute Gasteiger partial charge is 0.161 e. The highest BCUT2D eigenvalue weighted by Crippen LogP contribution is 2.27. The number of benzene rings is 2. The van der Waals surface area contributed by atoms with Crippen molar-refractivity contribution in [3.8, 4) is 17.5 Å². The highest BCUT2D eigenvalue weighted by Gasteiger charge is 2.15. The minimum atomic E-state index is -0.908. The Hall–Kier alpha value is -2.74. The van der Waals surface area contributed by atoms with Crippen LogP contribution in [0.5, 0.6) is 0 Å². The standard InChI is InChI=1S/C18H15F2N3/c1-12-4-6-13(7-5-12)18-22-16-10-14(19)15(20)11-17(16)23(18)9-3-2-8-21/h4-7,10-11H,2-3,9H2,1H3. The van der Waals surface area contributed by atoms with E-state index in [-0.39, 0.29) is 0 Å². The summed E-state index contributed by atoms with van der Waals surface area (Å²) in [7, 11) is 0. The lowest BCUT2D eigenvalue weighted by Crippen LogP contribution is -2.01. The quantitative estimate of drug-likeness (QED) is 0.661. The summed E-state index contributed by atoms with van der Waals surface area (Å²) in [5.41, 5.74) is 2.96.